The Kier molecular flexibility index (Phi) is 6.35. The van der Waals surface area contributed by atoms with Crippen molar-refractivity contribution in [2.45, 2.75) is 44.1 Å². The number of aliphatic hydroxyl groups is 2. The van der Waals surface area contributed by atoms with Gasteiger partial charge in [-0.25, -0.2) is 19.7 Å². The van der Waals surface area contributed by atoms with Gasteiger partial charge in [0.1, 0.15) is 24.1 Å². The molecule has 6 rings (SSSR count). The Balaban J connectivity index is 1.14. The first-order chi connectivity index (χ1) is 18.9. The average Bonchev–Trinajstić information content (AvgIpc) is 3.58. The number of anilines is 1. The average molecular weight is 530 g/mol. The monoisotopic (exact) mass is 529 g/mol. The molecule has 39 heavy (non-hydrogen) atoms. The number of fused-ring (bicyclic) bond motifs is 1. The van der Waals surface area contributed by atoms with E-state index in [0.717, 1.165) is 16.7 Å². The van der Waals surface area contributed by atoms with Crippen LogP contribution in [-0.2, 0) is 17.8 Å². The van der Waals surface area contributed by atoms with Crippen LogP contribution in [-0.4, -0.2) is 62.3 Å². The fourth-order valence-electron chi connectivity index (χ4n) is 4.98. The third kappa shape index (κ3) is 4.54. The molecule has 3 aromatic heterocycles. The summed E-state index contributed by atoms with van der Waals surface area (Å²) in [6, 6.07) is 17.9. The number of aliphatic hydroxyl groups excluding tert-OH is 2. The Morgan fingerprint density at radius 2 is 1.69 bits per heavy atom. The molecule has 0 saturated carbocycles. The molecule has 1 aliphatic heterocycles. The summed E-state index contributed by atoms with van der Waals surface area (Å²) >= 11 is 0. The lowest BCUT2D eigenvalue weighted by Gasteiger charge is -2.16. The summed E-state index contributed by atoms with van der Waals surface area (Å²) in [6.45, 7) is 0.363. The first kappa shape index (κ1) is 24.8. The molecule has 12 heteroatoms. The van der Waals surface area contributed by atoms with Crippen molar-refractivity contribution < 1.29 is 20.1 Å². The summed E-state index contributed by atoms with van der Waals surface area (Å²) in [4.78, 5) is 25.3. The predicted molar refractivity (Wildman–Crippen MR) is 142 cm³/mol. The number of benzene rings is 2. The molecule has 12 nitrogen and oxygen atoms in total. The minimum absolute atomic E-state index is 0.0750. The molecule has 2 aromatic carbocycles. The second-order valence-electron chi connectivity index (χ2n) is 9.53. The molecule has 0 amide bonds. The topological polar surface area (TPSA) is 166 Å². The predicted octanol–water partition coefficient (Wildman–Crippen LogP) is 1.50. The summed E-state index contributed by atoms with van der Waals surface area (Å²) in [5.41, 5.74) is 9.26. The van der Waals surface area contributed by atoms with Gasteiger partial charge in [-0.3, -0.25) is 13.7 Å². The lowest BCUT2D eigenvalue weighted by Crippen LogP contribution is -2.33. The van der Waals surface area contributed by atoms with Crippen LogP contribution in [0.2, 0.25) is 0 Å². The van der Waals surface area contributed by atoms with Gasteiger partial charge in [0.05, 0.1) is 25.2 Å². The highest BCUT2D eigenvalue weighted by molar-refractivity contribution is 5.81. The lowest BCUT2D eigenvalue weighted by atomic mass is 10.0. The maximum atomic E-state index is 13.0. The number of aromatic nitrogens is 6. The third-order valence-electron chi connectivity index (χ3n) is 7.07. The number of ether oxygens (including phenoxy) is 1. The van der Waals surface area contributed by atoms with Crippen molar-refractivity contribution in [1.82, 2.24) is 28.7 Å². The molecule has 200 valence electrons. The van der Waals surface area contributed by atoms with E-state index in [9.17, 15) is 20.1 Å². The zero-order chi connectivity index (χ0) is 27.1. The fourth-order valence-corrected chi connectivity index (χ4v) is 4.98. The minimum Gasteiger partial charge on any atom is -0.493 e. The van der Waals surface area contributed by atoms with Crippen LogP contribution in [0.25, 0.3) is 22.3 Å². The van der Waals surface area contributed by atoms with Crippen molar-refractivity contribution in [2.24, 2.45) is 0 Å². The number of nitrogens with zero attached hydrogens (tertiary/aromatic N) is 6. The molecule has 5 N–H and O–H groups in total. The summed E-state index contributed by atoms with van der Waals surface area (Å²) in [5, 5.41) is 31.8. The second-order valence-corrected chi connectivity index (χ2v) is 9.53. The summed E-state index contributed by atoms with van der Waals surface area (Å²) in [7, 11) is 0. The summed E-state index contributed by atoms with van der Waals surface area (Å²) < 4.78 is 10.1. The molecule has 1 unspecified atom stereocenters. The third-order valence-corrected chi connectivity index (χ3v) is 7.07. The van der Waals surface area contributed by atoms with Gasteiger partial charge in [0.15, 0.2) is 17.7 Å². The van der Waals surface area contributed by atoms with E-state index in [0.29, 0.717) is 11.2 Å². The molecule has 0 spiro atoms. The molecular weight excluding hydrogens is 502 g/mol. The zero-order valence-corrected chi connectivity index (χ0v) is 20.8. The maximum Gasteiger partial charge on any atom is 0.331 e. The molecule has 4 heterocycles. The first-order valence-electron chi connectivity index (χ1n) is 12.5. The molecule has 1 fully saturated rings. The molecule has 0 aliphatic carbocycles. The highest BCUT2D eigenvalue weighted by Crippen LogP contribution is 2.33. The SMILES string of the molecule is Nc1ncnc2c1ncn2[C@@H]1O[C@H](CCn2c(O)cn(Cc3ccc(-c4ccccc4)cc3)c2=O)C(O)[C@H]1O. The van der Waals surface area contributed by atoms with Gasteiger partial charge in [-0.15, -0.1) is 0 Å². The van der Waals surface area contributed by atoms with E-state index in [1.54, 1.807) is 0 Å². The van der Waals surface area contributed by atoms with Crippen molar-refractivity contribution in [3.63, 3.8) is 0 Å². The van der Waals surface area contributed by atoms with Crippen molar-refractivity contribution in [3.05, 3.63) is 89.5 Å². The molecule has 1 saturated heterocycles. The minimum atomic E-state index is -1.27. The van der Waals surface area contributed by atoms with Gasteiger partial charge in [-0.2, -0.15) is 0 Å². The lowest BCUT2D eigenvalue weighted by molar-refractivity contribution is -0.0380. The highest BCUT2D eigenvalue weighted by atomic mass is 16.6. The number of imidazole rings is 2. The quantitative estimate of drug-likeness (QED) is 0.244. The van der Waals surface area contributed by atoms with E-state index >= 15 is 0 Å². The molecule has 5 aromatic rings. The number of hydrogen-bond acceptors (Lipinski definition) is 9. The van der Waals surface area contributed by atoms with Crippen molar-refractivity contribution >= 4 is 17.0 Å². The maximum absolute atomic E-state index is 13.0. The van der Waals surface area contributed by atoms with Gasteiger partial charge in [-0.05, 0) is 23.1 Å². The Bertz CT molecular complexity index is 1660. The van der Waals surface area contributed by atoms with Gasteiger partial charge >= 0.3 is 5.69 Å². The summed E-state index contributed by atoms with van der Waals surface area (Å²) in [6.07, 6.45) is -0.00289. The van der Waals surface area contributed by atoms with Gasteiger partial charge < -0.3 is 25.8 Å². The number of hydrogen-bond donors (Lipinski definition) is 4. The van der Waals surface area contributed by atoms with E-state index in [1.165, 1.54) is 32.6 Å². The number of aromatic hydroxyl groups is 1. The number of nitrogens with two attached hydrogens (primary N) is 1. The van der Waals surface area contributed by atoms with Crippen LogP contribution >= 0.6 is 0 Å². The van der Waals surface area contributed by atoms with Crippen LogP contribution in [0.15, 0.2) is 78.2 Å². The van der Waals surface area contributed by atoms with Crippen molar-refractivity contribution in [3.8, 4) is 17.0 Å². The van der Waals surface area contributed by atoms with Crippen LogP contribution in [0.3, 0.4) is 0 Å². The zero-order valence-electron chi connectivity index (χ0n) is 20.8. The largest absolute Gasteiger partial charge is 0.493 e. The number of nitrogen functional groups attached to an aromatic ring is 1. The van der Waals surface area contributed by atoms with E-state index in [4.69, 9.17) is 10.5 Å². The van der Waals surface area contributed by atoms with Gasteiger partial charge in [-0.1, -0.05) is 54.6 Å². The van der Waals surface area contributed by atoms with Crippen LogP contribution in [0, 0.1) is 0 Å². The molecule has 0 bridgehead atoms. The van der Waals surface area contributed by atoms with E-state index < -0.39 is 30.2 Å². The second kappa shape index (κ2) is 9.98. The summed E-state index contributed by atoms with van der Waals surface area (Å²) in [5.74, 6) is -0.00638. The molecule has 4 atom stereocenters. The van der Waals surface area contributed by atoms with Crippen LogP contribution in [0.5, 0.6) is 5.88 Å². The Labute approximate surface area is 222 Å². The highest BCUT2D eigenvalue weighted by Gasteiger charge is 2.44. The molecule has 0 radical (unpaired) electrons. The molecular formula is C27H27N7O5. The Hall–Kier alpha value is -4.52. The Morgan fingerprint density at radius 3 is 2.46 bits per heavy atom. The molecule has 1 aliphatic rings. The van der Waals surface area contributed by atoms with Crippen LogP contribution in [0.4, 0.5) is 5.82 Å². The fraction of sp³-hybridized carbons (Fsp3) is 0.259. The van der Waals surface area contributed by atoms with E-state index in [-0.39, 0.29) is 31.2 Å². The van der Waals surface area contributed by atoms with Crippen molar-refractivity contribution in [2.75, 3.05) is 5.73 Å². The van der Waals surface area contributed by atoms with E-state index in [1.807, 2.05) is 54.6 Å². The van der Waals surface area contributed by atoms with Crippen LogP contribution < -0.4 is 11.4 Å². The Morgan fingerprint density at radius 1 is 0.949 bits per heavy atom. The van der Waals surface area contributed by atoms with Gasteiger partial charge in [0.25, 0.3) is 0 Å². The van der Waals surface area contributed by atoms with E-state index in [2.05, 4.69) is 15.0 Å². The van der Waals surface area contributed by atoms with Crippen LogP contribution in [0.1, 0.15) is 18.2 Å². The smallest absolute Gasteiger partial charge is 0.331 e. The van der Waals surface area contributed by atoms with Gasteiger partial charge in [0.2, 0.25) is 5.88 Å². The van der Waals surface area contributed by atoms with Gasteiger partial charge in [0, 0.05) is 6.54 Å². The standard InChI is InChI=1S/C27H27N7O5/c28-24-21-25(30-14-29-24)34(15-31-21)26-23(37)22(36)19(39-26)10-11-33-20(35)13-32(27(33)38)12-16-6-8-18(9-7-16)17-4-2-1-3-5-17/h1-9,13-15,19,22-23,26,35-37H,10-12H2,(H2,28,29,30)/t19-,22?,23-,26-/m1/s1. The van der Waals surface area contributed by atoms with Crippen molar-refractivity contribution in [1.29, 1.82) is 0 Å². The number of rotatable bonds is 7. The first-order valence-corrected chi connectivity index (χ1v) is 12.5. The normalized spacial score (nSPS) is 21.1.